The Morgan fingerprint density at radius 2 is 1.90 bits per heavy atom. The molecular formula is C14H21N3O2S. The summed E-state index contributed by atoms with van der Waals surface area (Å²) in [5, 5.41) is 8.69. The molecular weight excluding hydrogens is 274 g/mol. The fourth-order valence-electron chi connectivity index (χ4n) is 1.58. The minimum atomic E-state index is -3.34. The quantitative estimate of drug-likeness (QED) is 0.823. The monoisotopic (exact) mass is 295 g/mol. The van der Waals surface area contributed by atoms with Gasteiger partial charge in [-0.05, 0) is 38.6 Å². The van der Waals surface area contributed by atoms with Gasteiger partial charge in [0.05, 0.1) is 17.4 Å². The summed E-state index contributed by atoms with van der Waals surface area (Å²) in [6.07, 6.45) is 0. The SMILES string of the molecule is CC(C)N(C)CCNS(=O)(=O)Cc1ccc(C#N)cc1. The molecule has 0 heterocycles. The van der Waals surface area contributed by atoms with Crippen LogP contribution in [0.2, 0.25) is 0 Å². The van der Waals surface area contributed by atoms with Crippen molar-refractivity contribution in [2.24, 2.45) is 0 Å². The fourth-order valence-corrected chi connectivity index (χ4v) is 2.72. The maximum atomic E-state index is 11.9. The highest BCUT2D eigenvalue weighted by molar-refractivity contribution is 7.88. The van der Waals surface area contributed by atoms with Crippen molar-refractivity contribution >= 4 is 10.0 Å². The van der Waals surface area contributed by atoms with E-state index < -0.39 is 10.0 Å². The lowest BCUT2D eigenvalue weighted by Gasteiger charge is -2.20. The molecule has 0 aliphatic carbocycles. The van der Waals surface area contributed by atoms with E-state index in [9.17, 15) is 8.42 Å². The van der Waals surface area contributed by atoms with Crippen molar-refractivity contribution in [1.82, 2.24) is 9.62 Å². The largest absolute Gasteiger partial charge is 0.303 e. The Hall–Kier alpha value is -1.42. The van der Waals surface area contributed by atoms with Crippen LogP contribution >= 0.6 is 0 Å². The van der Waals surface area contributed by atoms with Crippen LogP contribution in [0.4, 0.5) is 0 Å². The van der Waals surface area contributed by atoms with Gasteiger partial charge in [0.25, 0.3) is 0 Å². The molecule has 1 aromatic carbocycles. The van der Waals surface area contributed by atoms with Gasteiger partial charge >= 0.3 is 0 Å². The molecule has 0 radical (unpaired) electrons. The highest BCUT2D eigenvalue weighted by atomic mass is 32.2. The van der Waals surface area contributed by atoms with Crippen LogP contribution in [-0.2, 0) is 15.8 Å². The van der Waals surface area contributed by atoms with Crippen molar-refractivity contribution in [2.75, 3.05) is 20.1 Å². The van der Waals surface area contributed by atoms with Gasteiger partial charge in [0.1, 0.15) is 0 Å². The first-order chi connectivity index (χ1) is 9.34. The number of sulfonamides is 1. The molecule has 5 nitrogen and oxygen atoms in total. The average Bonchev–Trinajstić information content (AvgIpc) is 2.38. The molecule has 1 aromatic rings. The number of nitrogens with one attached hydrogen (secondary N) is 1. The molecule has 0 fully saturated rings. The van der Waals surface area contributed by atoms with Gasteiger partial charge in [-0.25, -0.2) is 13.1 Å². The third kappa shape index (κ3) is 5.70. The van der Waals surface area contributed by atoms with Gasteiger partial charge in [-0.1, -0.05) is 12.1 Å². The summed E-state index contributed by atoms with van der Waals surface area (Å²) in [4.78, 5) is 2.07. The van der Waals surface area contributed by atoms with Gasteiger partial charge in [0.2, 0.25) is 10.0 Å². The first-order valence-corrected chi connectivity index (χ1v) is 8.16. The predicted molar refractivity (Wildman–Crippen MR) is 79.5 cm³/mol. The number of nitrogens with zero attached hydrogens (tertiary/aromatic N) is 2. The summed E-state index contributed by atoms with van der Waals surface area (Å²) in [7, 11) is -1.38. The second-order valence-corrected chi connectivity index (χ2v) is 6.84. The molecule has 0 spiro atoms. The predicted octanol–water partition coefficient (Wildman–Crippen LogP) is 1.32. The molecule has 0 atom stereocenters. The van der Waals surface area contributed by atoms with E-state index in [2.05, 4.69) is 23.5 Å². The molecule has 0 aromatic heterocycles. The maximum Gasteiger partial charge on any atom is 0.215 e. The summed E-state index contributed by atoms with van der Waals surface area (Å²) in [6, 6.07) is 8.97. The first-order valence-electron chi connectivity index (χ1n) is 6.50. The minimum Gasteiger partial charge on any atom is -0.303 e. The summed E-state index contributed by atoms with van der Waals surface area (Å²) in [5.41, 5.74) is 1.20. The Morgan fingerprint density at radius 3 is 2.40 bits per heavy atom. The van der Waals surface area contributed by atoms with Crippen molar-refractivity contribution in [1.29, 1.82) is 5.26 Å². The van der Waals surface area contributed by atoms with Gasteiger partial charge in [-0.2, -0.15) is 5.26 Å². The van der Waals surface area contributed by atoms with Crippen LogP contribution < -0.4 is 4.72 Å². The van der Waals surface area contributed by atoms with Crippen LogP contribution in [0.1, 0.15) is 25.0 Å². The van der Waals surface area contributed by atoms with E-state index in [1.807, 2.05) is 13.1 Å². The zero-order valence-electron chi connectivity index (χ0n) is 12.1. The van der Waals surface area contributed by atoms with Crippen molar-refractivity contribution < 1.29 is 8.42 Å². The van der Waals surface area contributed by atoms with Gasteiger partial charge < -0.3 is 4.90 Å². The Balaban J connectivity index is 2.51. The molecule has 1 N–H and O–H groups in total. The van der Waals surface area contributed by atoms with Crippen LogP contribution in [0.15, 0.2) is 24.3 Å². The number of nitriles is 1. The van der Waals surface area contributed by atoms with E-state index in [0.29, 0.717) is 30.3 Å². The van der Waals surface area contributed by atoms with E-state index in [1.54, 1.807) is 24.3 Å². The van der Waals surface area contributed by atoms with Gasteiger partial charge in [0.15, 0.2) is 0 Å². The second kappa shape index (κ2) is 7.39. The Bertz CT molecular complexity index is 559. The Kier molecular flexibility index (Phi) is 6.14. The van der Waals surface area contributed by atoms with Gasteiger partial charge in [-0.3, -0.25) is 0 Å². The second-order valence-electron chi connectivity index (χ2n) is 5.04. The fraction of sp³-hybridized carbons (Fsp3) is 0.500. The lowest BCUT2D eigenvalue weighted by molar-refractivity contribution is 0.278. The molecule has 0 aliphatic rings. The third-order valence-corrected chi connectivity index (χ3v) is 4.47. The molecule has 1 rings (SSSR count). The van der Waals surface area contributed by atoms with Crippen molar-refractivity contribution in [3.63, 3.8) is 0 Å². The Labute approximate surface area is 121 Å². The van der Waals surface area contributed by atoms with Crippen LogP contribution in [0, 0.1) is 11.3 Å². The normalized spacial score (nSPS) is 11.8. The third-order valence-electron chi connectivity index (χ3n) is 3.11. The Morgan fingerprint density at radius 1 is 1.30 bits per heavy atom. The maximum absolute atomic E-state index is 11.9. The van der Waals surface area contributed by atoms with Crippen molar-refractivity contribution in [2.45, 2.75) is 25.6 Å². The van der Waals surface area contributed by atoms with E-state index in [0.717, 1.165) is 0 Å². The molecule has 0 aliphatic heterocycles. The first kappa shape index (κ1) is 16.6. The molecule has 6 heteroatoms. The zero-order chi connectivity index (χ0) is 15.2. The van der Waals surface area contributed by atoms with Crippen molar-refractivity contribution in [3.8, 4) is 6.07 Å². The van der Waals surface area contributed by atoms with Crippen LogP contribution in [0.25, 0.3) is 0 Å². The van der Waals surface area contributed by atoms with Crippen LogP contribution in [0.5, 0.6) is 0 Å². The lowest BCUT2D eigenvalue weighted by Crippen LogP contribution is -2.36. The summed E-state index contributed by atoms with van der Waals surface area (Å²) < 4.78 is 26.4. The average molecular weight is 295 g/mol. The van der Waals surface area contributed by atoms with Crippen LogP contribution in [-0.4, -0.2) is 39.5 Å². The molecule has 110 valence electrons. The highest BCUT2D eigenvalue weighted by Gasteiger charge is 2.12. The van der Waals surface area contributed by atoms with Gasteiger partial charge in [0, 0.05) is 19.1 Å². The number of rotatable bonds is 7. The molecule has 0 saturated heterocycles. The number of likely N-dealkylation sites (N-methyl/N-ethyl adjacent to an activating group) is 1. The van der Waals surface area contributed by atoms with Crippen molar-refractivity contribution in [3.05, 3.63) is 35.4 Å². The summed E-state index contributed by atoms with van der Waals surface area (Å²) >= 11 is 0. The summed E-state index contributed by atoms with van der Waals surface area (Å²) in [6.45, 7) is 5.19. The molecule has 20 heavy (non-hydrogen) atoms. The summed E-state index contributed by atoms with van der Waals surface area (Å²) in [5.74, 6) is -0.0654. The topological polar surface area (TPSA) is 73.2 Å². The molecule has 0 bridgehead atoms. The molecule has 0 amide bonds. The standard InChI is InChI=1S/C14H21N3O2S/c1-12(2)17(3)9-8-16-20(18,19)11-14-6-4-13(10-15)5-7-14/h4-7,12,16H,8-9,11H2,1-3H3. The number of benzene rings is 1. The molecule has 0 saturated carbocycles. The van der Waals surface area contributed by atoms with E-state index in [4.69, 9.17) is 5.26 Å². The lowest BCUT2D eigenvalue weighted by atomic mass is 10.2. The van der Waals surface area contributed by atoms with E-state index in [1.165, 1.54) is 0 Å². The molecule has 0 unspecified atom stereocenters. The minimum absolute atomic E-state index is 0.0654. The van der Waals surface area contributed by atoms with E-state index >= 15 is 0 Å². The number of hydrogen-bond acceptors (Lipinski definition) is 4. The van der Waals surface area contributed by atoms with Crippen LogP contribution in [0.3, 0.4) is 0 Å². The highest BCUT2D eigenvalue weighted by Crippen LogP contribution is 2.07. The smallest absolute Gasteiger partial charge is 0.215 e. The van der Waals surface area contributed by atoms with Gasteiger partial charge in [-0.15, -0.1) is 0 Å². The zero-order valence-corrected chi connectivity index (χ0v) is 12.9. The number of hydrogen-bond donors (Lipinski definition) is 1. The van der Waals surface area contributed by atoms with E-state index in [-0.39, 0.29) is 5.75 Å².